The van der Waals surface area contributed by atoms with Crippen molar-refractivity contribution >= 4 is 0 Å². The third kappa shape index (κ3) is 2.30. The predicted octanol–water partition coefficient (Wildman–Crippen LogP) is 4.05. The summed E-state index contributed by atoms with van der Waals surface area (Å²) in [6, 6.07) is 4.29. The van der Waals surface area contributed by atoms with E-state index in [1.165, 1.54) is 50.7 Å². The second kappa shape index (κ2) is 4.77. The summed E-state index contributed by atoms with van der Waals surface area (Å²) in [7, 11) is 0. The molecule has 4 aliphatic carbocycles. The minimum Gasteiger partial charge on any atom is -0.327 e. The van der Waals surface area contributed by atoms with Crippen molar-refractivity contribution < 1.29 is 8.78 Å². The molecule has 4 fully saturated rings. The molecule has 114 valence electrons. The molecule has 1 unspecified atom stereocenters. The molecule has 1 aromatic carbocycles. The van der Waals surface area contributed by atoms with Crippen LogP contribution in [-0.4, -0.2) is 6.04 Å². The Kier molecular flexibility index (Phi) is 3.11. The lowest BCUT2D eigenvalue weighted by Gasteiger charge is -2.59. The fourth-order valence-corrected chi connectivity index (χ4v) is 5.77. The average Bonchev–Trinajstić information content (AvgIpc) is 2.41. The molecule has 1 nitrogen and oxygen atoms in total. The molecule has 0 amide bonds. The summed E-state index contributed by atoms with van der Waals surface area (Å²) in [4.78, 5) is 0. The Balaban J connectivity index is 1.54. The van der Waals surface area contributed by atoms with Crippen LogP contribution in [0, 0.1) is 34.8 Å². The van der Waals surface area contributed by atoms with Gasteiger partial charge >= 0.3 is 0 Å². The summed E-state index contributed by atoms with van der Waals surface area (Å²) in [5.74, 6) is 1.07. The molecule has 1 aromatic rings. The van der Waals surface area contributed by atoms with Gasteiger partial charge in [0.15, 0.2) is 11.6 Å². The van der Waals surface area contributed by atoms with E-state index in [1.54, 1.807) is 6.07 Å². The quantitative estimate of drug-likeness (QED) is 0.893. The van der Waals surface area contributed by atoms with Gasteiger partial charge in [0.2, 0.25) is 0 Å². The number of hydrogen-bond donors (Lipinski definition) is 1. The normalized spacial score (nSPS) is 38.7. The maximum Gasteiger partial charge on any atom is 0.159 e. The smallest absolute Gasteiger partial charge is 0.159 e. The first-order valence-corrected chi connectivity index (χ1v) is 8.23. The van der Waals surface area contributed by atoms with Crippen LogP contribution in [0.25, 0.3) is 0 Å². The molecule has 0 radical (unpaired) electrons. The van der Waals surface area contributed by atoms with Crippen LogP contribution in [0.1, 0.15) is 44.1 Å². The van der Waals surface area contributed by atoms with Crippen molar-refractivity contribution in [3.63, 3.8) is 0 Å². The van der Waals surface area contributed by atoms with Gasteiger partial charge < -0.3 is 5.73 Å². The Bertz CT molecular complexity index is 519. The van der Waals surface area contributed by atoms with Crippen molar-refractivity contribution in [3.8, 4) is 0 Å². The summed E-state index contributed by atoms with van der Waals surface area (Å²) < 4.78 is 26.4. The van der Waals surface area contributed by atoms with E-state index >= 15 is 0 Å². The molecule has 5 rings (SSSR count). The zero-order valence-electron chi connectivity index (χ0n) is 12.3. The van der Waals surface area contributed by atoms with Crippen molar-refractivity contribution in [2.45, 2.75) is 51.0 Å². The van der Waals surface area contributed by atoms with E-state index in [4.69, 9.17) is 5.73 Å². The SMILES string of the molecule is NC(Cc1ccc(F)c(F)c1)C12CC3CC(CC(C3)C1)C2. The highest BCUT2D eigenvalue weighted by atomic mass is 19.2. The maximum absolute atomic E-state index is 13.4. The van der Waals surface area contributed by atoms with Crippen molar-refractivity contribution in [2.75, 3.05) is 0 Å². The van der Waals surface area contributed by atoms with Gasteiger partial charge in [-0.25, -0.2) is 8.78 Å². The van der Waals surface area contributed by atoms with Crippen molar-refractivity contribution in [1.82, 2.24) is 0 Å². The fraction of sp³-hybridized carbons (Fsp3) is 0.667. The number of rotatable bonds is 3. The van der Waals surface area contributed by atoms with E-state index in [9.17, 15) is 8.78 Å². The molecule has 21 heavy (non-hydrogen) atoms. The highest BCUT2D eigenvalue weighted by molar-refractivity contribution is 5.20. The Hall–Kier alpha value is -0.960. The Morgan fingerprint density at radius 2 is 1.57 bits per heavy atom. The van der Waals surface area contributed by atoms with Gasteiger partial charge in [-0.15, -0.1) is 0 Å². The average molecular weight is 291 g/mol. The van der Waals surface area contributed by atoms with Gasteiger partial charge in [0, 0.05) is 6.04 Å². The summed E-state index contributed by atoms with van der Waals surface area (Å²) in [6.07, 6.45) is 8.63. The third-order valence-corrected chi connectivity index (χ3v) is 6.31. The zero-order valence-corrected chi connectivity index (χ0v) is 12.3. The molecule has 0 aromatic heterocycles. The summed E-state index contributed by atoms with van der Waals surface area (Å²) in [5.41, 5.74) is 7.67. The minimum atomic E-state index is -0.776. The first kappa shape index (κ1) is 13.7. The lowest BCUT2D eigenvalue weighted by atomic mass is 9.47. The predicted molar refractivity (Wildman–Crippen MR) is 78.6 cm³/mol. The van der Waals surface area contributed by atoms with Gasteiger partial charge in [-0.3, -0.25) is 0 Å². The lowest BCUT2D eigenvalue weighted by molar-refractivity contribution is -0.0667. The molecule has 4 bridgehead atoms. The van der Waals surface area contributed by atoms with Crippen LogP contribution in [0.3, 0.4) is 0 Å². The Morgan fingerprint density at radius 3 is 2.10 bits per heavy atom. The van der Waals surface area contributed by atoms with Gasteiger partial charge in [-0.1, -0.05) is 6.07 Å². The van der Waals surface area contributed by atoms with Gasteiger partial charge in [0.05, 0.1) is 0 Å². The summed E-state index contributed by atoms with van der Waals surface area (Å²) in [5, 5.41) is 0. The largest absolute Gasteiger partial charge is 0.327 e. The van der Waals surface area contributed by atoms with E-state index in [0.717, 1.165) is 23.3 Å². The van der Waals surface area contributed by atoms with E-state index in [0.29, 0.717) is 6.42 Å². The van der Waals surface area contributed by atoms with Crippen LogP contribution in [0.2, 0.25) is 0 Å². The van der Waals surface area contributed by atoms with Crippen molar-refractivity contribution in [2.24, 2.45) is 28.9 Å². The molecule has 0 heterocycles. The highest BCUT2D eigenvalue weighted by Crippen LogP contribution is 2.61. The number of benzene rings is 1. The fourth-order valence-electron chi connectivity index (χ4n) is 5.77. The zero-order chi connectivity index (χ0) is 14.6. The van der Waals surface area contributed by atoms with E-state index in [-0.39, 0.29) is 11.5 Å². The van der Waals surface area contributed by atoms with E-state index in [1.807, 2.05) is 0 Å². The van der Waals surface area contributed by atoms with Crippen LogP contribution in [0.15, 0.2) is 18.2 Å². The molecule has 4 saturated carbocycles. The van der Waals surface area contributed by atoms with Gasteiger partial charge in [-0.05, 0) is 85.8 Å². The molecular weight excluding hydrogens is 268 g/mol. The van der Waals surface area contributed by atoms with Crippen LogP contribution < -0.4 is 5.73 Å². The third-order valence-electron chi connectivity index (χ3n) is 6.31. The van der Waals surface area contributed by atoms with Crippen molar-refractivity contribution in [1.29, 1.82) is 0 Å². The number of nitrogens with two attached hydrogens (primary N) is 1. The summed E-state index contributed by atoms with van der Waals surface area (Å²) >= 11 is 0. The molecule has 1 atom stereocenters. The number of halogens is 2. The molecule has 0 saturated heterocycles. The Labute approximate surface area is 124 Å². The van der Waals surface area contributed by atoms with Gasteiger partial charge in [0.1, 0.15) is 0 Å². The maximum atomic E-state index is 13.4. The first-order valence-electron chi connectivity index (χ1n) is 8.23. The van der Waals surface area contributed by atoms with Crippen LogP contribution >= 0.6 is 0 Å². The molecule has 0 spiro atoms. The van der Waals surface area contributed by atoms with Gasteiger partial charge in [0.25, 0.3) is 0 Å². The van der Waals surface area contributed by atoms with Crippen molar-refractivity contribution in [3.05, 3.63) is 35.4 Å². The van der Waals surface area contributed by atoms with Crippen LogP contribution in [-0.2, 0) is 6.42 Å². The van der Waals surface area contributed by atoms with Crippen LogP contribution in [0.4, 0.5) is 8.78 Å². The molecular formula is C18H23F2N. The number of hydrogen-bond acceptors (Lipinski definition) is 1. The van der Waals surface area contributed by atoms with E-state index < -0.39 is 11.6 Å². The monoisotopic (exact) mass is 291 g/mol. The lowest BCUT2D eigenvalue weighted by Crippen LogP contribution is -2.55. The molecule has 3 heteroatoms. The molecule has 4 aliphatic rings. The van der Waals surface area contributed by atoms with Gasteiger partial charge in [-0.2, -0.15) is 0 Å². The molecule has 2 N–H and O–H groups in total. The topological polar surface area (TPSA) is 26.0 Å². The molecule has 0 aliphatic heterocycles. The first-order chi connectivity index (χ1) is 10.0. The van der Waals surface area contributed by atoms with Crippen LogP contribution in [0.5, 0.6) is 0 Å². The second-order valence-electron chi connectivity index (χ2n) is 7.84. The highest BCUT2D eigenvalue weighted by Gasteiger charge is 2.53. The summed E-state index contributed by atoms with van der Waals surface area (Å²) in [6.45, 7) is 0. The van der Waals surface area contributed by atoms with E-state index in [2.05, 4.69) is 0 Å². The Morgan fingerprint density at radius 1 is 1.00 bits per heavy atom. The minimum absolute atomic E-state index is 0.0794. The standard InChI is InChI=1S/C18H23F2N/c19-15-2-1-11(6-16(15)20)7-17(21)18-8-12-3-13(9-18)5-14(4-12)10-18/h1-2,6,12-14,17H,3-5,7-10,21H2. The second-order valence-corrected chi connectivity index (χ2v) is 7.84.